The topological polar surface area (TPSA) is 73.9 Å². The van der Waals surface area contributed by atoms with Gasteiger partial charge in [-0.2, -0.15) is 0 Å². The molecule has 2 N–H and O–H groups in total. The lowest BCUT2D eigenvalue weighted by molar-refractivity contribution is 0.0751. The van der Waals surface area contributed by atoms with Crippen LogP contribution in [0.3, 0.4) is 0 Å². The number of rotatable bonds is 5. The van der Waals surface area contributed by atoms with Crippen molar-refractivity contribution in [3.8, 4) is 5.75 Å². The fraction of sp³-hybridized carbons (Fsp3) is 0.240. The summed E-state index contributed by atoms with van der Waals surface area (Å²) in [6.07, 6.45) is 0. The van der Waals surface area contributed by atoms with Gasteiger partial charge in [-0.15, -0.1) is 11.3 Å². The van der Waals surface area contributed by atoms with Crippen LogP contribution in [0.1, 0.15) is 20.8 Å². The van der Waals surface area contributed by atoms with Gasteiger partial charge in [0.1, 0.15) is 10.7 Å². The summed E-state index contributed by atoms with van der Waals surface area (Å²) in [4.78, 5) is 30.1. The molecule has 1 aromatic heterocycles. The molecule has 1 saturated heterocycles. The van der Waals surface area contributed by atoms with Crippen molar-refractivity contribution in [2.45, 2.75) is 6.92 Å². The fourth-order valence-corrected chi connectivity index (χ4v) is 5.23. The van der Waals surface area contributed by atoms with Gasteiger partial charge in [-0.1, -0.05) is 42.0 Å². The highest BCUT2D eigenvalue weighted by Gasteiger charge is 2.24. The van der Waals surface area contributed by atoms with E-state index in [-0.39, 0.29) is 10.9 Å². The smallest absolute Gasteiger partial charge is 0.324 e. The van der Waals surface area contributed by atoms with Crippen molar-refractivity contribution in [3.63, 3.8) is 0 Å². The highest BCUT2D eigenvalue weighted by atomic mass is 35.5. The second kappa shape index (κ2) is 11.1. The number of thiophene rings is 1. The molecule has 0 saturated carbocycles. The van der Waals surface area contributed by atoms with Crippen LogP contribution in [-0.4, -0.2) is 55.1 Å². The van der Waals surface area contributed by atoms with Gasteiger partial charge in [0.2, 0.25) is 0 Å². The number of hydrogen-bond acceptors (Lipinski definition) is 6. The molecule has 1 aliphatic rings. The maximum Gasteiger partial charge on any atom is 0.324 e. The number of para-hydroxylation sites is 1. The molecule has 2 heterocycles. The second-order valence-electron chi connectivity index (χ2n) is 7.99. The summed E-state index contributed by atoms with van der Waals surface area (Å²) in [5.41, 5.74) is 2.97. The third-order valence-electron chi connectivity index (χ3n) is 5.73. The third-order valence-corrected chi connectivity index (χ3v) is 7.22. The summed E-state index contributed by atoms with van der Waals surface area (Å²) in [7, 11) is 1.57. The first-order chi connectivity index (χ1) is 16.9. The Labute approximate surface area is 218 Å². The van der Waals surface area contributed by atoms with Gasteiger partial charge in [0.05, 0.1) is 28.3 Å². The molecule has 0 aliphatic carbocycles. The highest BCUT2D eigenvalue weighted by molar-refractivity contribution is 7.80. The fourth-order valence-electron chi connectivity index (χ4n) is 3.98. The Morgan fingerprint density at radius 2 is 1.86 bits per heavy atom. The minimum Gasteiger partial charge on any atom is -0.496 e. The van der Waals surface area contributed by atoms with Crippen LogP contribution in [-0.2, 0) is 0 Å². The molecular formula is C25H25ClN4O3S2. The monoisotopic (exact) mass is 528 g/mol. The Bertz CT molecular complexity index is 1240. The van der Waals surface area contributed by atoms with Crippen molar-refractivity contribution in [3.05, 3.63) is 74.9 Å². The maximum atomic E-state index is 12.6. The lowest BCUT2D eigenvalue weighted by atomic mass is 10.1. The number of carbonyl (C=O) groups is 2. The Morgan fingerprint density at radius 1 is 1.09 bits per heavy atom. The minimum atomic E-state index is -0.469. The molecule has 3 amide bonds. The van der Waals surface area contributed by atoms with E-state index in [9.17, 15) is 9.59 Å². The van der Waals surface area contributed by atoms with Crippen molar-refractivity contribution in [2.24, 2.45) is 0 Å². The zero-order valence-corrected chi connectivity index (χ0v) is 21.7. The lowest BCUT2D eigenvalue weighted by Crippen LogP contribution is -2.48. The number of anilines is 2. The summed E-state index contributed by atoms with van der Waals surface area (Å²) in [5.74, 6) is 0.694. The van der Waals surface area contributed by atoms with Gasteiger partial charge in [0, 0.05) is 31.9 Å². The molecule has 35 heavy (non-hydrogen) atoms. The number of nitrogens with one attached hydrogen (secondary N) is 2. The predicted molar refractivity (Wildman–Crippen MR) is 145 cm³/mol. The van der Waals surface area contributed by atoms with E-state index < -0.39 is 6.03 Å². The van der Waals surface area contributed by atoms with E-state index in [1.165, 1.54) is 11.3 Å². The predicted octanol–water partition coefficient (Wildman–Crippen LogP) is 5.18. The van der Waals surface area contributed by atoms with Crippen LogP contribution >= 0.6 is 35.2 Å². The van der Waals surface area contributed by atoms with Gasteiger partial charge >= 0.3 is 6.03 Å². The molecule has 10 heteroatoms. The Kier molecular flexibility index (Phi) is 7.90. The van der Waals surface area contributed by atoms with Crippen molar-refractivity contribution in [1.29, 1.82) is 0 Å². The van der Waals surface area contributed by atoms with E-state index in [4.69, 9.17) is 28.6 Å². The molecule has 0 bridgehead atoms. The number of aryl methyl sites for hydroxylation is 1. The molecule has 2 aromatic carbocycles. The van der Waals surface area contributed by atoms with Crippen LogP contribution in [0.4, 0.5) is 16.2 Å². The van der Waals surface area contributed by atoms with Crippen LogP contribution in [0.5, 0.6) is 5.75 Å². The van der Waals surface area contributed by atoms with Gasteiger partial charge in [0.25, 0.3) is 5.91 Å². The Hall–Kier alpha value is -3.14. The third kappa shape index (κ3) is 5.75. The van der Waals surface area contributed by atoms with E-state index >= 15 is 0 Å². The summed E-state index contributed by atoms with van der Waals surface area (Å²) < 4.78 is 5.42. The number of thiocarbonyl (C=S) groups is 1. The quantitative estimate of drug-likeness (QED) is 0.446. The summed E-state index contributed by atoms with van der Waals surface area (Å²) >= 11 is 13.4. The molecule has 0 unspecified atom stereocenters. The van der Waals surface area contributed by atoms with Crippen LogP contribution in [0.2, 0.25) is 5.02 Å². The van der Waals surface area contributed by atoms with Crippen molar-refractivity contribution < 1.29 is 14.3 Å². The number of ether oxygens (including phenoxy) is 1. The van der Waals surface area contributed by atoms with E-state index in [2.05, 4.69) is 15.5 Å². The molecule has 0 atom stereocenters. The summed E-state index contributed by atoms with van der Waals surface area (Å²) in [5, 5.41) is 7.88. The number of amides is 3. The normalized spacial score (nSPS) is 13.3. The number of benzene rings is 2. The average molecular weight is 529 g/mol. The molecule has 182 valence electrons. The molecule has 1 fully saturated rings. The molecule has 4 rings (SSSR count). The van der Waals surface area contributed by atoms with Gasteiger partial charge in [-0.05, 0) is 48.2 Å². The number of hydrogen-bond donors (Lipinski definition) is 2. The van der Waals surface area contributed by atoms with E-state index in [0.717, 1.165) is 16.1 Å². The Balaban J connectivity index is 1.35. The molecular weight excluding hydrogens is 504 g/mol. The van der Waals surface area contributed by atoms with Crippen LogP contribution < -0.4 is 20.3 Å². The molecule has 1 aliphatic heterocycles. The van der Waals surface area contributed by atoms with Crippen molar-refractivity contribution in [1.82, 2.24) is 10.2 Å². The summed E-state index contributed by atoms with van der Waals surface area (Å²) in [6.45, 7) is 4.51. The first-order valence-corrected chi connectivity index (χ1v) is 12.7. The van der Waals surface area contributed by atoms with E-state index in [0.29, 0.717) is 48.2 Å². The van der Waals surface area contributed by atoms with Gasteiger partial charge in [-0.3, -0.25) is 10.1 Å². The lowest BCUT2D eigenvalue weighted by Gasteiger charge is -2.36. The number of carbonyl (C=O) groups excluding carboxylic acids is 2. The minimum absolute atomic E-state index is 0.0671. The molecule has 3 aromatic rings. The molecule has 0 radical (unpaired) electrons. The van der Waals surface area contributed by atoms with Gasteiger partial charge in [-0.25, -0.2) is 4.79 Å². The average Bonchev–Trinajstić information content (AvgIpc) is 3.38. The SMILES string of the molecule is COc1c(C)cccc1C(=S)NC(=O)Nc1ccc(N2CCN(C(=O)c3cccs3)CC2)c(Cl)c1. The van der Waals surface area contributed by atoms with Gasteiger partial charge < -0.3 is 19.9 Å². The van der Waals surface area contributed by atoms with Gasteiger partial charge in [0.15, 0.2) is 0 Å². The van der Waals surface area contributed by atoms with Crippen molar-refractivity contribution >= 4 is 63.5 Å². The zero-order valence-electron chi connectivity index (χ0n) is 19.3. The zero-order chi connectivity index (χ0) is 24.9. The van der Waals surface area contributed by atoms with Crippen molar-refractivity contribution in [2.75, 3.05) is 43.5 Å². The largest absolute Gasteiger partial charge is 0.496 e. The number of urea groups is 1. The first kappa shape index (κ1) is 25.0. The second-order valence-corrected chi connectivity index (χ2v) is 9.75. The number of halogens is 1. The highest BCUT2D eigenvalue weighted by Crippen LogP contribution is 2.30. The van der Waals surface area contributed by atoms with Crippen LogP contribution in [0.15, 0.2) is 53.9 Å². The van der Waals surface area contributed by atoms with E-state index in [1.54, 1.807) is 25.3 Å². The molecule has 7 nitrogen and oxygen atoms in total. The number of piperazine rings is 1. The standard InChI is InChI=1S/C25H25ClN4O3S2/c1-16-5-3-6-18(22(16)33-2)23(34)28-25(32)27-17-8-9-20(19(26)15-17)29-10-12-30(13-11-29)24(31)21-7-4-14-35-21/h3-9,14-15H,10-13H2,1-2H3,(H2,27,28,32,34). The Morgan fingerprint density at radius 3 is 2.51 bits per heavy atom. The van der Waals surface area contributed by atoms with Crippen LogP contribution in [0.25, 0.3) is 0 Å². The first-order valence-electron chi connectivity index (χ1n) is 11.0. The number of nitrogens with zero attached hydrogens (tertiary/aromatic N) is 2. The van der Waals surface area contributed by atoms with Crippen LogP contribution in [0, 0.1) is 6.92 Å². The molecule has 0 spiro atoms. The maximum absolute atomic E-state index is 12.6. The number of methoxy groups -OCH3 is 1. The summed E-state index contributed by atoms with van der Waals surface area (Å²) in [6, 6.07) is 14.2. The van der Waals surface area contributed by atoms with E-state index in [1.807, 2.05) is 47.5 Å².